The topological polar surface area (TPSA) is 227 Å². The van der Waals surface area contributed by atoms with E-state index in [2.05, 4.69) is 4.18 Å². The van der Waals surface area contributed by atoms with Crippen molar-refractivity contribution >= 4 is 103 Å². The maximum absolute atomic E-state index is 11.5. The molecule has 25 heavy (non-hydrogen) atoms. The summed E-state index contributed by atoms with van der Waals surface area (Å²) in [5, 5.41) is 19.8. The first-order valence-corrected chi connectivity index (χ1v) is 8.25. The van der Waals surface area contributed by atoms with Crippen LogP contribution in [0.5, 0.6) is 0 Å². The van der Waals surface area contributed by atoms with Crippen LogP contribution in [0.2, 0.25) is 0 Å². The van der Waals surface area contributed by atoms with Crippen molar-refractivity contribution in [3.8, 4) is 0 Å². The summed E-state index contributed by atoms with van der Waals surface area (Å²) in [7, 11) is -10.8. The molecule has 0 radical (unpaired) electrons. The van der Waals surface area contributed by atoms with E-state index in [4.69, 9.17) is 19.9 Å². The van der Waals surface area contributed by atoms with Gasteiger partial charge in [-0.1, -0.05) is 0 Å². The van der Waals surface area contributed by atoms with Crippen LogP contribution in [0, 0.1) is 0 Å². The molecule has 0 fully saturated rings. The van der Waals surface area contributed by atoms with E-state index in [1.807, 2.05) is 0 Å². The van der Waals surface area contributed by atoms with Gasteiger partial charge in [0, 0.05) is 0 Å². The van der Waals surface area contributed by atoms with E-state index in [-0.39, 0.29) is 59.1 Å². The molecule has 136 valence electrons. The molecular formula is C8H12Na2O13S2. The molecule has 13 nitrogen and oxygen atoms in total. The fourth-order valence-electron chi connectivity index (χ4n) is 1.17. The average molecular weight is 426 g/mol. The van der Waals surface area contributed by atoms with Crippen molar-refractivity contribution in [3.63, 3.8) is 0 Å². The zero-order chi connectivity index (χ0) is 18.6. The number of rotatable bonds is 9. The van der Waals surface area contributed by atoms with Crippen LogP contribution in [-0.2, 0) is 43.6 Å². The van der Waals surface area contributed by atoms with Crippen LogP contribution < -0.4 is 0 Å². The summed E-state index contributed by atoms with van der Waals surface area (Å²) in [5.41, 5.74) is 0. The van der Waals surface area contributed by atoms with Gasteiger partial charge >= 0.3 is 93.1 Å². The Hall–Kier alpha value is -0.260. The summed E-state index contributed by atoms with van der Waals surface area (Å²) < 4.78 is 57.1. The predicted molar refractivity (Wildman–Crippen MR) is 80.6 cm³/mol. The number of carbonyl (C=O) groups is 4. The fraction of sp³-hybridized carbons (Fsp3) is 0.500. The number of carbonyl (C=O) groups excluding carboxylic acids is 1. The van der Waals surface area contributed by atoms with Gasteiger partial charge in [0.1, 0.15) is 0 Å². The van der Waals surface area contributed by atoms with Crippen molar-refractivity contribution in [2.45, 2.75) is 23.3 Å². The van der Waals surface area contributed by atoms with Crippen LogP contribution in [0.25, 0.3) is 0 Å². The molecule has 0 bridgehead atoms. The van der Waals surface area contributed by atoms with Gasteiger partial charge < -0.3 is 19.5 Å². The van der Waals surface area contributed by atoms with Gasteiger partial charge in [0.05, 0.1) is 12.8 Å². The molecule has 0 spiro atoms. The number of hydrogen-bond donors (Lipinski definition) is 4. The van der Waals surface area contributed by atoms with Crippen molar-refractivity contribution in [3.05, 3.63) is 0 Å². The Morgan fingerprint density at radius 1 is 0.800 bits per heavy atom. The molecule has 0 aromatic carbocycles. The Morgan fingerprint density at radius 2 is 1.16 bits per heavy atom. The molecular weight excluding hydrogens is 414 g/mol. The summed E-state index contributed by atoms with van der Waals surface area (Å²) in [4.78, 5) is 42.9. The van der Waals surface area contributed by atoms with Gasteiger partial charge in [-0.3, -0.25) is 18.9 Å². The van der Waals surface area contributed by atoms with Gasteiger partial charge in [0.2, 0.25) is 5.25 Å². The molecule has 0 aliphatic rings. The van der Waals surface area contributed by atoms with Gasteiger partial charge in [-0.25, -0.2) is 4.79 Å². The van der Waals surface area contributed by atoms with Crippen LogP contribution in [0.1, 0.15) is 12.8 Å². The number of carboxylic acid groups (broad SMARTS) is 3. The second-order valence-corrected chi connectivity index (χ2v) is 7.24. The van der Waals surface area contributed by atoms with E-state index in [9.17, 15) is 36.0 Å². The third kappa shape index (κ3) is 10.5. The molecule has 2 unspecified atom stereocenters. The first kappa shape index (κ1) is 29.5. The molecule has 0 rings (SSSR count). The first-order chi connectivity index (χ1) is 10.2. The Kier molecular flexibility index (Phi) is 13.5. The summed E-state index contributed by atoms with van der Waals surface area (Å²) >= 11 is 0. The normalized spacial score (nSPS) is 13.3. The van der Waals surface area contributed by atoms with E-state index in [0.29, 0.717) is 0 Å². The molecule has 0 aromatic heterocycles. The molecule has 4 N–H and O–H groups in total. The van der Waals surface area contributed by atoms with Crippen molar-refractivity contribution in [2.24, 2.45) is 0 Å². The third-order valence-corrected chi connectivity index (χ3v) is 4.70. The SMILES string of the molecule is O=C(O)CC(C(=O)OS(=O)(=O)C(CC(=O)O)C(=O)O)S(=O)(=O)O.[NaH].[NaH]. The van der Waals surface area contributed by atoms with Gasteiger partial charge in [0.15, 0.2) is 5.25 Å². The number of hydrogen-bond acceptors (Lipinski definition) is 9. The molecule has 2 atom stereocenters. The summed E-state index contributed by atoms with van der Waals surface area (Å²) in [6, 6.07) is 0. The monoisotopic (exact) mass is 426 g/mol. The van der Waals surface area contributed by atoms with Crippen LogP contribution in [0.4, 0.5) is 0 Å². The van der Waals surface area contributed by atoms with Crippen LogP contribution >= 0.6 is 0 Å². The molecule has 0 aliphatic heterocycles. The number of aliphatic carboxylic acids is 3. The first-order valence-electron chi connectivity index (χ1n) is 5.28. The average Bonchev–Trinajstić information content (AvgIpc) is 2.29. The Morgan fingerprint density at radius 3 is 1.44 bits per heavy atom. The van der Waals surface area contributed by atoms with Crippen molar-refractivity contribution in [1.82, 2.24) is 0 Å². The zero-order valence-corrected chi connectivity index (χ0v) is 12.5. The summed E-state index contributed by atoms with van der Waals surface area (Å²) in [5.74, 6) is -8.29. The van der Waals surface area contributed by atoms with E-state index >= 15 is 0 Å². The Balaban J connectivity index is -0.00000242. The summed E-state index contributed by atoms with van der Waals surface area (Å²) in [6.07, 6.45) is -3.08. The van der Waals surface area contributed by atoms with Crippen molar-refractivity contribution in [1.29, 1.82) is 0 Å². The van der Waals surface area contributed by atoms with E-state index in [1.54, 1.807) is 0 Å². The van der Waals surface area contributed by atoms with Crippen LogP contribution in [0.3, 0.4) is 0 Å². The quantitative estimate of drug-likeness (QED) is 0.158. The molecule has 0 aromatic rings. The van der Waals surface area contributed by atoms with E-state index in [1.165, 1.54) is 0 Å². The van der Waals surface area contributed by atoms with Crippen molar-refractivity contribution in [2.75, 3.05) is 0 Å². The van der Waals surface area contributed by atoms with Crippen molar-refractivity contribution < 1.29 is 60.1 Å². The second kappa shape index (κ2) is 11.5. The predicted octanol–water partition coefficient (Wildman–Crippen LogP) is -3.78. The zero-order valence-electron chi connectivity index (χ0n) is 10.8. The van der Waals surface area contributed by atoms with E-state index in [0.717, 1.165) is 0 Å². The Bertz CT molecular complexity index is 725. The molecule has 0 aliphatic carbocycles. The fourth-order valence-corrected chi connectivity index (χ4v) is 2.93. The molecule has 17 heteroatoms. The van der Waals surface area contributed by atoms with Gasteiger partial charge in [-0.2, -0.15) is 16.8 Å². The van der Waals surface area contributed by atoms with Crippen LogP contribution in [0.15, 0.2) is 0 Å². The molecule has 0 saturated heterocycles. The maximum atomic E-state index is 11.5. The molecule has 0 saturated carbocycles. The van der Waals surface area contributed by atoms with Gasteiger partial charge in [-0.05, 0) is 0 Å². The second-order valence-electron chi connectivity index (χ2n) is 3.92. The van der Waals surface area contributed by atoms with Gasteiger partial charge in [0.25, 0.3) is 10.1 Å². The minimum absolute atomic E-state index is 0. The standard InChI is InChI=1S/C8H10O13S2.2Na.2H/c9-5(10)1-3(7(13)14)23(19,20)21-8(15)4(2-6(11)12)22(16,17)18;;;;/h3-4H,1-2H2,(H,9,10)(H,11,12)(H,13,14)(H,16,17,18);;;;. The third-order valence-electron chi connectivity index (χ3n) is 2.16. The van der Waals surface area contributed by atoms with E-state index < -0.39 is 67.5 Å². The molecule has 0 heterocycles. The summed E-state index contributed by atoms with van der Waals surface area (Å²) in [6.45, 7) is 0. The number of carboxylic acids is 3. The van der Waals surface area contributed by atoms with Crippen LogP contribution in [-0.4, -0.2) is 130 Å². The minimum atomic E-state index is -5.46. The Labute approximate surface area is 185 Å². The van der Waals surface area contributed by atoms with Gasteiger partial charge in [-0.15, -0.1) is 0 Å². The molecule has 0 amide bonds.